The van der Waals surface area contributed by atoms with Crippen LogP contribution < -0.4 is 0 Å². The first kappa shape index (κ1) is 12.0. The third kappa shape index (κ3) is 3.27. The summed E-state index contributed by atoms with van der Waals surface area (Å²) in [5, 5.41) is 9.48. The van der Waals surface area contributed by atoms with Gasteiger partial charge in [-0.15, -0.1) is 0 Å². The highest BCUT2D eigenvalue weighted by molar-refractivity contribution is 4.84. The van der Waals surface area contributed by atoms with Crippen LogP contribution in [-0.2, 0) is 0 Å². The van der Waals surface area contributed by atoms with E-state index in [1.807, 2.05) is 6.92 Å². The fourth-order valence-electron chi connectivity index (χ4n) is 3.07. The molecule has 1 aliphatic rings. The van der Waals surface area contributed by atoms with Crippen LogP contribution in [0.1, 0.15) is 59.8 Å². The molecule has 0 aromatic rings. The van der Waals surface area contributed by atoms with Crippen LogP contribution in [0, 0.1) is 17.3 Å². The number of aliphatic hydroxyl groups excluding tert-OH is 1. The van der Waals surface area contributed by atoms with E-state index >= 15 is 0 Å². The van der Waals surface area contributed by atoms with Gasteiger partial charge in [-0.1, -0.05) is 33.6 Å². The average Bonchev–Trinajstić information content (AvgIpc) is 2.01. The van der Waals surface area contributed by atoms with E-state index in [1.54, 1.807) is 0 Å². The first-order chi connectivity index (χ1) is 6.42. The molecule has 3 atom stereocenters. The fourth-order valence-corrected chi connectivity index (χ4v) is 3.07. The Balaban J connectivity index is 2.52. The summed E-state index contributed by atoms with van der Waals surface area (Å²) in [6, 6.07) is 0. The molecule has 14 heavy (non-hydrogen) atoms. The van der Waals surface area contributed by atoms with Crippen molar-refractivity contribution in [3.05, 3.63) is 0 Å². The first-order valence-electron chi connectivity index (χ1n) is 6.10. The van der Waals surface area contributed by atoms with Crippen molar-refractivity contribution in [1.29, 1.82) is 0 Å². The largest absolute Gasteiger partial charge is 0.393 e. The van der Waals surface area contributed by atoms with Gasteiger partial charge >= 0.3 is 0 Å². The minimum absolute atomic E-state index is 0.151. The Hall–Kier alpha value is -0.0400. The molecule has 84 valence electrons. The van der Waals surface area contributed by atoms with Gasteiger partial charge in [0.2, 0.25) is 0 Å². The van der Waals surface area contributed by atoms with Gasteiger partial charge in [-0.2, -0.15) is 0 Å². The quantitative estimate of drug-likeness (QED) is 0.734. The SMILES string of the molecule is CC(O)CC(C)(C)C1CCCC(C)C1. The highest BCUT2D eigenvalue weighted by atomic mass is 16.3. The minimum atomic E-state index is -0.151. The van der Waals surface area contributed by atoms with Crippen LogP contribution in [0.15, 0.2) is 0 Å². The number of hydrogen-bond acceptors (Lipinski definition) is 1. The highest BCUT2D eigenvalue weighted by Gasteiger charge is 2.33. The zero-order valence-electron chi connectivity index (χ0n) is 10.2. The maximum atomic E-state index is 9.48. The second-order valence-electron chi connectivity index (χ2n) is 6.01. The van der Waals surface area contributed by atoms with E-state index in [2.05, 4.69) is 20.8 Å². The van der Waals surface area contributed by atoms with Crippen LogP contribution in [0.3, 0.4) is 0 Å². The van der Waals surface area contributed by atoms with Gasteiger partial charge in [0.15, 0.2) is 0 Å². The number of hydrogen-bond donors (Lipinski definition) is 1. The van der Waals surface area contributed by atoms with Crippen molar-refractivity contribution in [2.24, 2.45) is 17.3 Å². The molecule has 1 nitrogen and oxygen atoms in total. The highest BCUT2D eigenvalue weighted by Crippen LogP contribution is 2.42. The van der Waals surface area contributed by atoms with Gasteiger partial charge in [0, 0.05) is 0 Å². The maximum absolute atomic E-state index is 9.48. The molecule has 1 heteroatoms. The fraction of sp³-hybridized carbons (Fsp3) is 1.00. The standard InChI is InChI=1S/C13H26O/c1-10-6-5-7-12(8-10)13(3,4)9-11(2)14/h10-12,14H,5-9H2,1-4H3. The predicted octanol–water partition coefficient (Wildman–Crippen LogP) is 3.61. The van der Waals surface area contributed by atoms with Crippen LogP contribution in [0.25, 0.3) is 0 Å². The van der Waals surface area contributed by atoms with Gasteiger partial charge in [0.05, 0.1) is 6.10 Å². The Morgan fingerprint density at radius 3 is 2.50 bits per heavy atom. The Bertz CT molecular complexity index is 172. The third-order valence-electron chi connectivity index (χ3n) is 3.86. The molecular formula is C13H26O. The minimum Gasteiger partial charge on any atom is -0.393 e. The molecule has 3 unspecified atom stereocenters. The van der Waals surface area contributed by atoms with Gasteiger partial charge in [-0.3, -0.25) is 0 Å². The molecule has 0 aromatic heterocycles. The zero-order valence-corrected chi connectivity index (χ0v) is 10.2. The Labute approximate surface area is 88.9 Å². The summed E-state index contributed by atoms with van der Waals surface area (Å²) < 4.78 is 0. The summed E-state index contributed by atoms with van der Waals surface area (Å²) >= 11 is 0. The van der Waals surface area contributed by atoms with Gasteiger partial charge < -0.3 is 5.11 Å². The monoisotopic (exact) mass is 198 g/mol. The Kier molecular flexibility index (Phi) is 4.00. The second-order valence-corrected chi connectivity index (χ2v) is 6.01. The van der Waals surface area contributed by atoms with Gasteiger partial charge in [-0.25, -0.2) is 0 Å². The smallest absolute Gasteiger partial charge is 0.0517 e. The Morgan fingerprint density at radius 2 is 2.00 bits per heavy atom. The van der Waals surface area contributed by atoms with Crippen molar-refractivity contribution < 1.29 is 5.11 Å². The maximum Gasteiger partial charge on any atom is 0.0517 e. The van der Waals surface area contributed by atoms with Crippen molar-refractivity contribution in [2.75, 3.05) is 0 Å². The summed E-state index contributed by atoms with van der Waals surface area (Å²) in [5.74, 6) is 1.71. The summed E-state index contributed by atoms with van der Waals surface area (Å²) in [4.78, 5) is 0. The zero-order chi connectivity index (χ0) is 10.8. The third-order valence-corrected chi connectivity index (χ3v) is 3.86. The molecule has 0 radical (unpaired) electrons. The molecule has 0 heterocycles. The molecule has 0 amide bonds. The molecule has 1 aliphatic carbocycles. The summed E-state index contributed by atoms with van der Waals surface area (Å²) in [5.41, 5.74) is 0.322. The normalized spacial score (nSPS) is 31.5. The molecule has 0 spiro atoms. The lowest BCUT2D eigenvalue weighted by Crippen LogP contribution is -2.31. The van der Waals surface area contributed by atoms with Gasteiger partial charge in [0.1, 0.15) is 0 Å². The molecule has 0 aliphatic heterocycles. The van der Waals surface area contributed by atoms with E-state index in [9.17, 15) is 5.11 Å². The topological polar surface area (TPSA) is 20.2 Å². The number of aliphatic hydroxyl groups is 1. The molecule has 0 aromatic carbocycles. The van der Waals surface area contributed by atoms with E-state index in [0.717, 1.165) is 18.3 Å². The summed E-state index contributed by atoms with van der Waals surface area (Å²) in [6.07, 6.45) is 6.31. The molecular weight excluding hydrogens is 172 g/mol. The summed E-state index contributed by atoms with van der Waals surface area (Å²) in [6.45, 7) is 8.92. The Morgan fingerprint density at radius 1 is 1.36 bits per heavy atom. The molecule has 1 rings (SSSR count). The van der Waals surface area contributed by atoms with E-state index in [1.165, 1.54) is 25.7 Å². The van der Waals surface area contributed by atoms with Crippen molar-refractivity contribution in [2.45, 2.75) is 65.9 Å². The van der Waals surface area contributed by atoms with Crippen molar-refractivity contribution in [3.8, 4) is 0 Å². The van der Waals surface area contributed by atoms with Crippen LogP contribution >= 0.6 is 0 Å². The molecule has 1 saturated carbocycles. The molecule has 0 bridgehead atoms. The van der Waals surface area contributed by atoms with E-state index in [4.69, 9.17) is 0 Å². The van der Waals surface area contributed by atoms with E-state index < -0.39 is 0 Å². The summed E-state index contributed by atoms with van der Waals surface area (Å²) in [7, 11) is 0. The van der Waals surface area contributed by atoms with E-state index in [-0.39, 0.29) is 6.10 Å². The lowest BCUT2D eigenvalue weighted by molar-refractivity contribution is 0.0619. The van der Waals surface area contributed by atoms with Crippen molar-refractivity contribution in [1.82, 2.24) is 0 Å². The van der Waals surface area contributed by atoms with Crippen molar-refractivity contribution in [3.63, 3.8) is 0 Å². The second kappa shape index (κ2) is 4.65. The van der Waals surface area contributed by atoms with Crippen LogP contribution in [-0.4, -0.2) is 11.2 Å². The lowest BCUT2D eigenvalue weighted by Gasteiger charge is -2.40. The van der Waals surface area contributed by atoms with Crippen molar-refractivity contribution >= 4 is 0 Å². The van der Waals surface area contributed by atoms with E-state index in [0.29, 0.717) is 5.41 Å². The molecule has 0 saturated heterocycles. The average molecular weight is 198 g/mol. The molecule has 1 fully saturated rings. The van der Waals surface area contributed by atoms with Crippen LogP contribution in [0.4, 0.5) is 0 Å². The first-order valence-corrected chi connectivity index (χ1v) is 6.10. The van der Waals surface area contributed by atoms with Gasteiger partial charge in [-0.05, 0) is 43.4 Å². The van der Waals surface area contributed by atoms with Crippen LogP contribution in [0.2, 0.25) is 0 Å². The predicted molar refractivity (Wildman–Crippen MR) is 61.2 cm³/mol. The van der Waals surface area contributed by atoms with Crippen LogP contribution in [0.5, 0.6) is 0 Å². The molecule has 1 N–H and O–H groups in total. The van der Waals surface area contributed by atoms with Gasteiger partial charge in [0.25, 0.3) is 0 Å². The number of rotatable bonds is 3. The lowest BCUT2D eigenvalue weighted by atomic mass is 9.66.